The monoisotopic (exact) mass is 274 g/mol. The van der Waals surface area contributed by atoms with Gasteiger partial charge in [-0.1, -0.05) is 18.2 Å². The minimum atomic E-state index is -0.880. The Morgan fingerprint density at radius 2 is 2.05 bits per heavy atom. The van der Waals surface area contributed by atoms with Gasteiger partial charge >= 0.3 is 5.97 Å². The molecule has 0 aromatic heterocycles. The molecule has 6 heteroatoms. The number of para-hydroxylation sites is 1. The van der Waals surface area contributed by atoms with Crippen LogP contribution in [0.25, 0.3) is 0 Å². The molecule has 0 heterocycles. The number of esters is 1. The Balaban J connectivity index is 2.46. The van der Waals surface area contributed by atoms with Gasteiger partial charge in [-0.2, -0.15) is 10.3 Å². The highest BCUT2D eigenvalue weighted by Gasteiger charge is 2.19. The number of ether oxygens (including phenoxy) is 2. The smallest absolute Gasteiger partial charge is 0.337 e. The molecule has 104 valence electrons. The Bertz CT molecular complexity index is 504. The Morgan fingerprint density at radius 3 is 2.70 bits per heavy atom. The fourth-order valence-corrected chi connectivity index (χ4v) is 1.53. The summed E-state index contributed by atoms with van der Waals surface area (Å²) in [6.07, 6.45) is 4.46. The number of aliphatic imine (C=N–C) groups is 1. The second kappa shape index (κ2) is 9.31. The molecule has 1 aromatic rings. The summed E-state index contributed by atoms with van der Waals surface area (Å²) in [4.78, 5) is 25.6. The van der Waals surface area contributed by atoms with E-state index >= 15 is 0 Å². The third-order valence-electron chi connectivity index (χ3n) is 2.48. The number of rotatable bonds is 8. The number of carbonyl (C=O) groups excluding carboxylic acids is 2. The van der Waals surface area contributed by atoms with Crippen LogP contribution in [0.2, 0.25) is 0 Å². The molecule has 1 unspecified atom stereocenters. The van der Waals surface area contributed by atoms with Crippen LogP contribution in [0.1, 0.15) is 19.3 Å². The molecule has 1 rings (SSSR count). The molecule has 6 nitrogen and oxygen atoms in total. The number of benzene rings is 1. The lowest BCUT2D eigenvalue weighted by Crippen LogP contribution is -2.24. The van der Waals surface area contributed by atoms with Gasteiger partial charge in [0.2, 0.25) is 6.08 Å². The standard InChI is InChI=1S/C14H14N2O4/c15-10-19-9-5-4-8-13(16-11-17)14(18)20-12-6-2-1-3-7-12/h1-3,6-7,13H,4-5,8-9H2. The number of nitrogens with zero attached hydrogens (tertiary/aromatic N) is 2. The van der Waals surface area contributed by atoms with Crippen molar-refractivity contribution in [2.24, 2.45) is 4.99 Å². The Morgan fingerprint density at radius 1 is 1.30 bits per heavy atom. The summed E-state index contributed by atoms with van der Waals surface area (Å²) >= 11 is 0. The van der Waals surface area contributed by atoms with Crippen LogP contribution in [0, 0.1) is 11.5 Å². The zero-order valence-corrected chi connectivity index (χ0v) is 10.8. The van der Waals surface area contributed by atoms with Crippen LogP contribution >= 0.6 is 0 Å². The molecule has 0 N–H and O–H groups in total. The highest BCUT2D eigenvalue weighted by atomic mass is 16.5. The summed E-state index contributed by atoms with van der Waals surface area (Å²) in [5, 5.41) is 8.20. The summed E-state index contributed by atoms with van der Waals surface area (Å²) in [6.45, 7) is 0.280. The molecule has 1 aromatic carbocycles. The molecule has 0 fully saturated rings. The van der Waals surface area contributed by atoms with Gasteiger partial charge in [0.1, 0.15) is 12.4 Å². The van der Waals surface area contributed by atoms with E-state index in [9.17, 15) is 9.59 Å². The Kier molecular flexibility index (Phi) is 7.18. The molecular formula is C14H14N2O4. The number of hydrogen-bond donors (Lipinski definition) is 0. The van der Waals surface area contributed by atoms with Crippen molar-refractivity contribution in [1.29, 1.82) is 5.26 Å². The van der Waals surface area contributed by atoms with Crippen molar-refractivity contribution in [1.82, 2.24) is 0 Å². The summed E-state index contributed by atoms with van der Waals surface area (Å²) in [5.41, 5.74) is 0. The lowest BCUT2D eigenvalue weighted by atomic mass is 10.1. The predicted molar refractivity (Wildman–Crippen MR) is 69.4 cm³/mol. The maximum Gasteiger partial charge on any atom is 0.337 e. The summed E-state index contributed by atoms with van der Waals surface area (Å²) in [5.74, 6) is -0.197. The third-order valence-corrected chi connectivity index (χ3v) is 2.48. The maximum atomic E-state index is 11.8. The normalized spacial score (nSPS) is 10.8. The Hall–Kier alpha value is -2.64. The zero-order valence-electron chi connectivity index (χ0n) is 10.8. The molecule has 0 bridgehead atoms. The average Bonchev–Trinajstić information content (AvgIpc) is 2.47. The van der Waals surface area contributed by atoms with Crippen LogP contribution in [0.15, 0.2) is 35.3 Å². The van der Waals surface area contributed by atoms with Gasteiger partial charge in [-0.3, -0.25) is 0 Å². The van der Waals surface area contributed by atoms with Crippen molar-refractivity contribution in [3.05, 3.63) is 30.3 Å². The van der Waals surface area contributed by atoms with E-state index in [0.717, 1.165) is 0 Å². The van der Waals surface area contributed by atoms with Gasteiger partial charge in [0.25, 0.3) is 6.26 Å². The van der Waals surface area contributed by atoms with Crippen molar-refractivity contribution in [3.8, 4) is 12.0 Å². The topological polar surface area (TPSA) is 88.8 Å². The molecule has 0 saturated carbocycles. The minimum Gasteiger partial charge on any atom is -0.428 e. The molecule has 0 saturated heterocycles. The Labute approximate surface area is 116 Å². The van der Waals surface area contributed by atoms with Crippen LogP contribution in [-0.2, 0) is 14.3 Å². The zero-order chi connectivity index (χ0) is 14.6. The fourth-order valence-electron chi connectivity index (χ4n) is 1.53. The molecule has 0 aliphatic rings. The van der Waals surface area contributed by atoms with Crippen molar-refractivity contribution < 1.29 is 19.1 Å². The average molecular weight is 274 g/mol. The molecule has 0 amide bonds. The first kappa shape index (κ1) is 15.4. The van der Waals surface area contributed by atoms with E-state index in [-0.39, 0.29) is 6.61 Å². The van der Waals surface area contributed by atoms with Crippen LogP contribution in [0.5, 0.6) is 5.75 Å². The molecule has 0 spiro atoms. The van der Waals surface area contributed by atoms with Crippen LogP contribution in [0.4, 0.5) is 0 Å². The first-order chi connectivity index (χ1) is 9.77. The number of carbonyl (C=O) groups is 1. The van der Waals surface area contributed by atoms with Crippen molar-refractivity contribution in [3.63, 3.8) is 0 Å². The molecule has 1 atom stereocenters. The van der Waals surface area contributed by atoms with E-state index < -0.39 is 12.0 Å². The van der Waals surface area contributed by atoms with Crippen LogP contribution in [-0.4, -0.2) is 24.7 Å². The van der Waals surface area contributed by atoms with Crippen LogP contribution < -0.4 is 4.74 Å². The van der Waals surface area contributed by atoms with Gasteiger partial charge < -0.3 is 9.47 Å². The van der Waals surface area contributed by atoms with E-state index in [4.69, 9.17) is 10.00 Å². The predicted octanol–water partition coefficient (Wildman–Crippen LogP) is 1.96. The van der Waals surface area contributed by atoms with Crippen molar-refractivity contribution in [2.75, 3.05) is 6.61 Å². The van der Waals surface area contributed by atoms with Gasteiger partial charge in [-0.15, -0.1) is 0 Å². The van der Waals surface area contributed by atoms with Gasteiger partial charge in [0.15, 0.2) is 6.04 Å². The minimum absolute atomic E-state index is 0.280. The lowest BCUT2D eigenvalue weighted by molar-refractivity contribution is -0.135. The van der Waals surface area contributed by atoms with Crippen molar-refractivity contribution in [2.45, 2.75) is 25.3 Å². The summed E-state index contributed by atoms with van der Waals surface area (Å²) in [6, 6.07) is 7.67. The summed E-state index contributed by atoms with van der Waals surface area (Å²) < 4.78 is 9.62. The van der Waals surface area contributed by atoms with Crippen molar-refractivity contribution >= 4 is 12.0 Å². The quantitative estimate of drug-likeness (QED) is 0.180. The van der Waals surface area contributed by atoms with E-state index in [2.05, 4.69) is 9.73 Å². The first-order valence-electron chi connectivity index (χ1n) is 6.12. The van der Waals surface area contributed by atoms with E-state index in [1.54, 1.807) is 36.6 Å². The maximum absolute atomic E-state index is 11.8. The van der Waals surface area contributed by atoms with E-state index in [1.165, 1.54) is 6.08 Å². The fraction of sp³-hybridized carbons (Fsp3) is 0.357. The van der Waals surface area contributed by atoms with Gasteiger partial charge in [-0.05, 0) is 31.4 Å². The van der Waals surface area contributed by atoms with Crippen LogP contribution in [0.3, 0.4) is 0 Å². The molecular weight excluding hydrogens is 260 g/mol. The second-order valence-corrected chi connectivity index (χ2v) is 3.91. The van der Waals surface area contributed by atoms with Gasteiger partial charge in [-0.25, -0.2) is 9.59 Å². The molecule has 0 aliphatic carbocycles. The third kappa shape index (κ3) is 5.80. The first-order valence-corrected chi connectivity index (χ1v) is 6.12. The number of nitriles is 1. The molecule has 0 radical (unpaired) electrons. The SMILES string of the molecule is N#COCCCCC(N=C=O)C(=O)Oc1ccccc1. The summed E-state index contributed by atoms with van der Waals surface area (Å²) in [7, 11) is 0. The molecule has 20 heavy (non-hydrogen) atoms. The van der Waals surface area contributed by atoms with Gasteiger partial charge in [0, 0.05) is 0 Å². The lowest BCUT2D eigenvalue weighted by Gasteiger charge is -2.10. The van der Waals surface area contributed by atoms with Gasteiger partial charge in [0.05, 0.1) is 0 Å². The van der Waals surface area contributed by atoms with E-state index in [0.29, 0.717) is 25.0 Å². The molecule has 0 aliphatic heterocycles. The van der Waals surface area contributed by atoms with E-state index in [1.807, 2.05) is 0 Å². The second-order valence-electron chi connectivity index (χ2n) is 3.91. The number of hydrogen-bond acceptors (Lipinski definition) is 6. The highest BCUT2D eigenvalue weighted by Crippen LogP contribution is 2.13. The largest absolute Gasteiger partial charge is 0.428 e. The number of isocyanates is 1. The highest BCUT2D eigenvalue weighted by molar-refractivity contribution is 5.79. The number of unbranched alkanes of at least 4 members (excludes halogenated alkanes) is 1.